The number of benzene rings is 2. The molecule has 1 saturated heterocycles. The Morgan fingerprint density at radius 3 is 2.77 bits per heavy atom. The summed E-state index contributed by atoms with van der Waals surface area (Å²) in [5.41, 5.74) is 6.52. The molecule has 5 heteroatoms. The molecule has 30 heavy (non-hydrogen) atoms. The van der Waals surface area contributed by atoms with Crippen LogP contribution in [0.25, 0.3) is 5.57 Å². The zero-order valence-corrected chi connectivity index (χ0v) is 17.4. The molecule has 1 N–H and O–H groups in total. The van der Waals surface area contributed by atoms with Crippen LogP contribution in [0.15, 0.2) is 59.3 Å². The third-order valence-electron chi connectivity index (χ3n) is 6.52. The lowest BCUT2D eigenvalue weighted by Crippen LogP contribution is -2.36. The van der Waals surface area contributed by atoms with Gasteiger partial charge in [-0.25, -0.2) is 0 Å². The number of allylic oxidation sites excluding steroid dienone is 1. The Morgan fingerprint density at radius 2 is 1.90 bits per heavy atom. The predicted octanol–water partition coefficient (Wildman–Crippen LogP) is 4.24. The Balaban J connectivity index is 1.44. The Labute approximate surface area is 177 Å². The van der Waals surface area contributed by atoms with E-state index in [1.54, 1.807) is 0 Å². The molecule has 2 aromatic rings. The number of fused-ring (bicyclic) bond motifs is 2. The van der Waals surface area contributed by atoms with Gasteiger partial charge in [-0.15, -0.1) is 0 Å². The van der Waals surface area contributed by atoms with Crippen molar-refractivity contribution in [3.05, 3.63) is 70.8 Å². The number of nitrogens with one attached hydrogen (secondary N) is 1. The number of anilines is 1. The summed E-state index contributed by atoms with van der Waals surface area (Å²) in [7, 11) is 2.20. The van der Waals surface area contributed by atoms with E-state index >= 15 is 0 Å². The van der Waals surface area contributed by atoms with Gasteiger partial charge in [0.2, 0.25) is 0 Å². The van der Waals surface area contributed by atoms with Crippen LogP contribution in [0.5, 0.6) is 0 Å². The molecule has 1 amide bonds. The molecule has 5 nitrogen and oxygen atoms in total. The lowest BCUT2D eigenvalue weighted by molar-refractivity contribution is -0.110. The van der Waals surface area contributed by atoms with Crippen LogP contribution in [0, 0.1) is 0 Å². The molecule has 0 bridgehead atoms. The SMILES string of the molecule is CN1CCCCC1CCO/N=C1/C(=C2/C(=O)Nc3ccccc32)Cc2ccccc21. The van der Waals surface area contributed by atoms with Crippen molar-refractivity contribution in [2.75, 3.05) is 25.5 Å². The predicted molar refractivity (Wildman–Crippen MR) is 120 cm³/mol. The Hall–Kier alpha value is -2.92. The summed E-state index contributed by atoms with van der Waals surface area (Å²) in [5, 5.41) is 7.56. The molecule has 3 aliphatic rings. The molecule has 1 aliphatic carbocycles. The van der Waals surface area contributed by atoms with Gasteiger partial charge in [-0.05, 0) is 50.1 Å². The number of carbonyl (C=O) groups is 1. The molecule has 0 aromatic heterocycles. The minimum absolute atomic E-state index is 0.0597. The number of carbonyl (C=O) groups excluding carboxylic acids is 1. The first-order valence-electron chi connectivity index (χ1n) is 10.8. The van der Waals surface area contributed by atoms with Crippen LogP contribution < -0.4 is 5.32 Å². The number of nitrogens with zero attached hydrogens (tertiary/aromatic N) is 2. The molecule has 1 atom stereocenters. The molecule has 0 radical (unpaired) electrons. The van der Waals surface area contributed by atoms with Crippen LogP contribution in [0.1, 0.15) is 42.4 Å². The summed E-state index contributed by atoms with van der Waals surface area (Å²) in [5.74, 6) is -0.0597. The normalized spacial score (nSPS) is 24.6. The molecule has 154 valence electrons. The van der Waals surface area contributed by atoms with Gasteiger partial charge in [0.1, 0.15) is 12.3 Å². The highest BCUT2D eigenvalue weighted by Crippen LogP contribution is 2.39. The van der Waals surface area contributed by atoms with Gasteiger partial charge in [0.15, 0.2) is 0 Å². The quantitative estimate of drug-likeness (QED) is 0.474. The van der Waals surface area contributed by atoms with Crippen LogP contribution in [-0.2, 0) is 16.1 Å². The molecule has 0 spiro atoms. The van der Waals surface area contributed by atoms with Crippen molar-refractivity contribution < 1.29 is 9.63 Å². The summed E-state index contributed by atoms with van der Waals surface area (Å²) in [6.45, 7) is 1.75. The van der Waals surface area contributed by atoms with E-state index in [0.29, 0.717) is 19.1 Å². The molecule has 5 rings (SSSR count). The molecule has 0 saturated carbocycles. The summed E-state index contributed by atoms with van der Waals surface area (Å²) in [6.07, 6.45) is 5.48. The standard InChI is InChI=1S/C25H27N3O2/c1-28-14-7-6-9-18(28)13-15-30-27-24-19-10-3-2-8-17(19)16-21(24)23-20-11-4-5-12-22(20)26-25(23)29/h2-5,8,10-12,18H,6-7,9,13-16H2,1H3,(H,26,29)/b23-21+,27-24+. The minimum Gasteiger partial charge on any atom is -0.395 e. The van der Waals surface area contributed by atoms with Gasteiger partial charge < -0.3 is 15.1 Å². The van der Waals surface area contributed by atoms with Crippen molar-refractivity contribution in [2.45, 2.75) is 38.1 Å². The number of amides is 1. The molecular weight excluding hydrogens is 374 g/mol. The van der Waals surface area contributed by atoms with Gasteiger partial charge in [0.25, 0.3) is 5.91 Å². The molecule has 1 unspecified atom stereocenters. The third kappa shape index (κ3) is 3.43. The summed E-state index contributed by atoms with van der Waals surface area (Å²) in [6, 6.07) is 16.6. The first kappa shape index (κ1) is 19.1. The van der Waals surface area contributed by atoms with Crippen LogP contribution >= 0.6 is 0 Å². The average Bonchev–Trinajstić information content (AvgIpc) is 3.28. The number of rotatable bonds is 4. The number of piperidine rings is 1. The van der Waals surface area contributed by atoms with E-state index in [1.807, 2.05) is 36.4 Å². The fraction of sp³-hybridized carbons (Fsp3) is 0.360. The zero-order chi connectivity index (χ0) is 20.5. The fourth-order valence-corrected chi connectivity index (χ4v) is 4.88. The number of hydrogen-bond donors (Lipinski definition) is 1. The van der Waals surface area contributed by atoms with Crippen LogP contribution in [0.2, 0.25) is 0 Å². The molecule has 2 aromatic carbocycles. The lowest BCUT2D eigenvalue weighted by atomic mass is 9.98. The smallest absolute Gasteiger partial charge is 0.256 e. The van der Waals surface area contributed by atoms with E-state index < -0.39 is 0 Å². The van der Waals surface area contributed by atoms with E-state index in [9.17, 15) is 4.79 Å². The maximum atomic E-state index is 12.8. The number of hydrogen-bond acceptors (Lipinski definition) is 4. The van der Waals surface area contributed by atoms with Crippen molar-refractivity contribution in [3.8, 4) is 0 Å². The fourth-order valence-electron chi connectivity index (χ4n) is 4.88. The first-order chi connectivity index (χ1) is 14.7. The van der Waals surface area contributed by atoms with Gasteiger partial charge in [-0.3, -0.25) is 4.79 Å². The second-order valence-corrected chi connectivity index (χ2v) is 8.38. The van der Waals surface area contributed by atoms with E-state index in [4.69, 9.17) is 4.84 Å². The van der Waals surface area contributed by atoms with Gasteiger partial charge in [0.05, 0.1) is 5.57 Å². The Morgan fingerprint density at radius 1 is 1.10 bits per heavy atom. The third-order valence-corrected chi connectivity index (χ3v) is 6.52. The molecular formula is C25H27N3O2. The van der Waals surface area contributed by atoms with Crippen LogP contribution in [0.3, 0.4) is 0 Å². The average molecular weight is 402 g/mol. The Bertz CT molecular complexity index is 1040. The van der Waals surface area contributed by atoms with Crippen LogP contribution in [-0.4, -0.2) is 42.8 Å². The first-order valence-corrected chi connectivity index (χ1v) is 10.8. The summed E-state index contributed by atoms with van der Waals surface area (Å²) in [4.78, 5) is 21.1. The largest absolute Gasteiger partial charge is 0.395 e. The van der Waals surface area contributed by atoms with Crippen molar-refractivity contribution in [2.24, 2.45) is 5.16 Å². The second kappa shape index (κ2) is 8.07. The minimum atomic E-state index is -0.0597. The highest BCUT2D eigenvalue weighted by atomic mass is 16.6. The highest BCUT2D eigenvalue weighted by Gasteiger charge is 2.33. The van der Waals surface area contributed by atoms with Gasteiger partial charge in [-0.2, -0.15) is 0 Å². The lowest BCUT2D eigenvalue weighted by Gasteiger charge is -2.32. The topological polar surface area (TPSA) is 53.9 Å². The maximum Gasteiger partial charge on any atom is 0.256 e. The zero-order valence-electron chi connectivity index (χ0n) is 17.4. The number of likely N-dealkylation sites (tertiary alicyclic amines) is 1. The summed E-state index contributed by atoms with van der Waals surface area (Å²) >= 11 is 0. The Kier molecular flexibility index (Phi) is 5.13. The molecule has 2 heterocycles. The van der Waals surface area contributed by atoms with Crippen LogP contribution in [0.4, 0.5) is 5.69 Å². The van der Waals surface area contributed by atoms with Gasteiger partial charge in [-0.1, -0.05) is 54.0 Å². The van der Waals surface area contributed by atoms with Crippen molar-refractivity contribution in [3.63, 3.8) is 0 Å². The molecule has 1 fully saturated rings. The summed E-state index contributed by atoms with van der Waals surface area (Å²) < 4.78 is 0. The highest BCUT2D eigenvalue weighted by molar-refractivity contribution is 6.38. The van der Waals surface area contributed by atoms with Gasteiger partial charge >= 0.3 is 0 Å². The van der Waals surface area contributed by atoms with Crippen molar-refractivity contribution in [1.82, 2.24) is 4.90 Å². The second-order valence-electron chi connectivity index (χ2n) is 8.38. The van der Waals surface area contributed by atoms with E-state index in [2.05, 4.69) is 34.6 Å². The maximum absolute atomic E-state index is 12.8. The number of para-hydroxylation sites is 1. The monoisotopic (exact) mass is 401 g/mol. The molecule has 2 aliphatic heterocycles. The van der Waals surface area contributed by atoms with E-state index in [1.165, 1.54) is 24.8 Å². The van der Waals surface area contributed by atoms with Crippen molar-refractivity contribution >= 4 is 22.9 Å². The van der Waals surface area contributed by atoms with E-state index in [0.717, 1.165) is 46.6 Å². The van der Waals surface area contributed by atoms with Gasteiger partial charge in [0, 0.05) is 29.3 Å². The number of oxime groups is 1. The van der Waals surface area contributed by atoms with Crippen molar-refractivity contribution in [1.29, 1.82) is 0 Å². The van der Waals surface area contributed by atoms with E-state index in [-0.39, 0.29) is 5.91 Å².